The first kappa shape index (κ1) is 13.1. The second-order valence-electron chi connectivity index (χ2n) is 4.87. The fourth-order valence-corrected chi connectivity index (χ4v) is 2.47. The Morgan fingerprint density at radius 3 is 2.38 bits per heavy atom. The average Bonchev–Trinajstić information content (AvgIpc) is 2.56. The van der Waals surface area contributed by atoms with E-state index in [4.69, 9.17) is 0 Å². The normalized spacial score (nSPS) is 10.9. The monoisotopic (exact) mass is 281 g/mol. The summed E-state index contributed by atoms with van der Waals surface area (Å²) in [6.45, 7) is 1.71. The van der Waals surface area contributed by atoms with Crippen molar-refractivity contribution < 1.29 is 9.90 Å². The van der Waals surface area contributed by atoms with Crippen LogP contribution in [0.1, 0.15) is 15.9 Å². The number of hydrogen-bond acceptors (Lipinski definition) is 3. The first-order chi connectivity index (χ1) is 9.99. The van der Waals surface area contributed by atoms with E-state index < -0.39 is 11.5 Å². The maximum absolute atomic E-state index is 12.6. The SMILES string of the molecule is Cc1cc(C(=O)O)c2[nH]c(=O)c3ccccc3c(=O)c2c1. The van der Waals surface area contributed by atoms with Gasteiger partial charge in [-0.3, -0.25) is 9.59 Å². The van der Waals surface area contributed by atoms with Gasteiger partial charge in [-0.25, -0.2) is 4.79 Å². The predicted molar refractivity (Wildman–Crippen MR) is 80.0 cm³/mol. The Kier molecular flexibility index (Phi) is 2.83. The van der Waals surface area contributed by atoms with E-state index in [2.05, 4.69) is 4.98 Å². The molecular weight excluding hydrogens is 270 g/mol. The number of rotatable bonds is 1. The van der Waals surface area contributed by atoms with Gasteiger partial charge < -0.3 is 10.1 Å². The largest absolute Gasteiger partial charge is 0.478 e. The third kappa shape index (κ3) is 1.99. The molecule has 0 bridgehead atoms. The smallest absolute Gasteiger partial charge is 0.337 e. The predicted octanol–water partition coefficient (Wildman–Crippen LogP) is 2.05. The molecule has 0 saturated carbocycles. The average molecular weight is 281 g/mol. The number of H-pyrrole nitrogens is 1. The van der Waals surface area contributed by atoms with Crippen LogP contribution >= 0.6 is 0 Å². The number of aryl methyl sites for hydroxylation is 1. The van der Waals surface area contributed by atoms with Crippen LogP contribution in [0.15, 0.2) is 46.0 Å². The number of carbonyl (C=O) groups is 1. The van der Waals surface area contributed by atoms with Crippen molar-refractivity contribution in [2.75, 3.05) is 0 Å². The van der Waals surface area contributed by atoms with Gasteiger partial charge in [-0.05, 0) is 30.7 Å². The topological polar surface area (TPSA) is 87.2 Å². The molecule has 0 aliphatic carbocycles. The van der Waals surface area contributed by atoms with Crippen molar-refractivity contribution in [2.24, 2.45) is 0 Å². The molecule has 21 heavy (non-hydrogen) atoms. The Morgan fingerprint density at radius 2 is 1.71 bits per heavy atom. The van der Waals surface area contributed by atoms with E-state index >= 15 is 0 Å². The lowest BCUT2D eigenvalue weighted by Gasteiger charge is -2.01. The van der Waals surface area contributed by atoms with Gasteiger partial charge in [-0.1, -0.05) is 18.2 Å². The summed E-state index contributed by atoms with van der Waals surface area (Å²) in [6.07, 6.45) is 0. The summed E-state index contributed by atoms with van der Waals surface area (Å²) < 4.78 is 0. The van der Waals surface area contributed by atoms with Crippen LogP contribution in [-0.4, -0.2) is 16.1 Å². The summed E-state index contributed by atoms with van der Waals surface area (Å²) in [7, 11) is 0. The molecular formula is C16H11NO4. The Bertz CT molecular complexity index is 1020. The van der Waals surface area contributed by atoms with Crippen molar-refractivity contribution in [1.82, 2.24) is 4.98 Å². The highest BCUT2D eigenvalue weighted by Gasteiger charge is 2.13. The molecule has 0 unspecified atom stereocenters. The first-order valence-electron chi connectivity index (χ1n) is 6.32. The van der Waals surface area contributed by atoms with E-state index in [1.807, 2.05) is 0 Å². The van der Waals surface area contributed by atoms with Crippen molar-refractivity contribution in [1.29, 1.82) is 0 Å². The van der Waals surface area contributed by atoms with Gasteiger partial charge in [-0.15, -0.1) is 0 Å². The maximum Gasteiger partial charge on any atom is 0.337 e. The van der Waals surface area contributed by atoms with Crippen LogP contribution in [-0.2, 0) is 0 Å². The molecule has 5 heteroatoms. The van der Waals surface area contributed by atoms with Gasteiger partial charge in [0.15, 0.2) is 5.43 Å². The number of aromatic nitrogens is 1. The van der Waals surface area contributed by atoms with Gasteiger partial charge in [0, 0.05) is 10.8 Å². The van der Waals surface area contributed by atoms with Crippen LogP contribution < -0.4 is 11.0 Å². The molecule has 0 aliphatic rings. The highest BCUT2D eigenvalue weighted by atomic mass is 16.4. The van der Waals surface area contributed by atoms with Crippen molar-refractivity contribution in [2.45, 2.75) is 6.92 Å². The molecule has 2 N–H and O–H groups in total. The number of benzene rings is 2. The molecule has 0 saturated heterocycles. The lowest BCUT2D eigenvalue weighted by Crippen LogP contribution is -2.05. The fourth-order valence-electron chi connectivity index (χ4n) is 2.47. The Labute approximate surface area is 118 Å². The van der Waals surface area contributed by atoms with Crippen LogP contribution in [0.4, 0.5) is 0 Å². The van der Waals surface area contributed by atoms with Gasteiger partial charge in [0.2, 0.25) is 0 Å². The maximum atomic E-state index is 12.6. The van der Waals surface area contributed by atoms with Gasteiger partial charge in [0.25, 0.3) is 5.56 Å². The highest BCUT2D eigenvalue weighted by molar-refractivity contribution is 6.03. The van der Waals surface area contributed by atoms with E-state index in [0.717, 1.165) is 0 Å². The Hall–Kier alpha value is -2.95. The number of hydrogen-bond donors (Lipinski definition) is 2. The van der Waals surface area contributed by atoms with Crippen molar-refractivity contribution in [3.63, 3.8) is 0 Å². The van der Waals surface area contributed by atoms with E-state index in [1.54, 1.807) is 37.3 Å². The van der Waals surface area contributed by atoms with Gasteiger partial charge in [0.05, 0.1) is 16.5 Å². The van der Waals surface area contributed by atoms with E-state index in [9.17, 15) is 19.5 Å². The molecule has 1 heterocycles. The molecule has 0 fully saturated rings. The van der Waals surface area contributed by atoms with Crippen LogP contribution in [0.25, 0.3) is 21.7 Å². The summed E-state index contributed by atoms with van der Waals surface area (Å²) in [5.74, 6) is -1.19. The minimum Gasteiger partial charge on any atom is -0.478 e. The standard InChI is InChI=1S/C16H11NO4/c1-8-6-11-13(12(7-8)16(20)21)17-15(19)10-5-3-2-4-9(10)14(11)18/h2-7H,1H3,(H,17,19)(H,20,21). The van der Waals surface area contributed by atoms with Crippen molar-refractivity contribution in [3.8, 4) is 0 Å². The third-order valence-corrected chi connectivity index (χ3v) is 3.41. The number of fused-ring (bicyclic) bond motifs is 2. The summed E-state index contributed by atoms with van der Waals surface area (Å²) in [4.78, 5) is 38.7. The molecule has 2 aromatic carbocycles. The molecule has 3 rings (SSSR count). The number of nitrogens with one attached hydrogen (secondary N) is 1. The molecule has 0 atom stereocenters. The highest BCUT2D eigenvalue weighted by Crippen LogP contribution is 2.17. The van der Waals surface area contributed by atoms with E-state index in [1.165, 1.54) is 6.07 Å². The Balaban J connectivity index is 2.74. The lowest BCUT2D eigenvalue weighted by atomic mass is 10.1. The lowest BCUT2D eigenvalue weighted by molar-refractivity contribution is 0.0698. The van der Waals surface area contributed by atoms with Gasteiger partial charge in [0.1, 0.15) is 0 Å². The molecule has 0 spiro atoms. The van der Waals surface area contributed by atoms with Gasteiger partial charge in [-0.2, -0.15) is 0 Å². The van der Waals surface area contributed by atoms with Crippen LogP contribution in [0.3, 0.4) is 0 Å². The second kappa shape index (κ2) is 4.56. The number of carboxylic acids is 1. The summed E-state index contributed by atoms with van der Waals surface area (Å²) in [6, 6.07) is 9.46. The first-order valence-corrected chi connectivity index (χ1v) is 6.32. The van der Waals surface area contributed by atoms with E-state index in [0.29, 0.717) is 5.56 Å². The van der Waals surface area contributed by atoms with Crippen LogP contribution in [0.5, 0.6) is 0 Å². The summed E-state index contributed by atoms with van der Waals surface area (Å²) in [5.41, 5.74) is -0.221. The number of aromatic amines is 1. The molecule has 0 aliphatic heterocycles. The zero-order valence-electron chi connectivity index (χ0n) is 11.1. The molecule has 104 valence electrons. The Morgan fingerprint density at radius 1 is 1.05 bits per heavy atom. The minimum absolute atomic E-state index is 0.0549. The summed E-state index contributed by atoms with van der Waals surface area (Å²) in [5, 5.41) is 10.0. The quantitative estimate of drug-likeness (QED) is 0.714. The molecule has 5 nitrogen and oxygen atoms in total. The molecule has 1 aromatic heterocycles. The zero-order chi connectivity index (χ0) is 15.1. The number of aromatic carboxylic acids is 1. The zero-order valence-corrected chi connectivity index (χ0v) is 11.1. The van der Waals surface area contributed by atoms with Crippen molar-refractivity contribution in [3.05, 3.63) is 68.1 Å². The van der Waals surface area contributed by atoms with Crippen molar-refractivity contribution >= 4 is 27.6 Å². The molecule has 0 amide bonds. The molecule has 3 aromatic rings. The number of carboxylic acid groups (broad SMARTS) is 1. The minimum atomic E-state index is -1.19. The molecule has 0 radical (unpaired) electrons. The summed E-state index contributed by atoms with van der Waals surface area (Å²) >= 11 is 0. The van der Waals surface area contributed by atoms with Crippen LogP contribution in [0, 0.1) is 6.92 Å². The van der Waals surface area contributed by atoms with Gasteiger partial charge >= 0.3 is 5.97 Å². The van der Waals surface area contributed by atoms with Crippen LogP contribution in [0.2, 0.25) is 0 Å². The third-order valence-electron chi connectivity index (χ3n) is 3.41. The fraction of sp³-hybridized carbons (Fsp3) is 0.0625. The second-order valence-corrected chi connectivity index (χ2v) is 4.87. The van der Waals surface area contributed by atoms with E-state index in [-0.39, 0.29) is 32.7 Å².